The number of thiazole rings is 1. The first kappa shape index (κ1) is 14.6. The molecule has 0 amide bonds. The van der Waals surface area contributed by atoms with E-state index in [4.69, 9.17) is 4.74 Å². The highest BCUT2D eigenvalue weighted by atomic mass is 32.1. The molecular formula is C14H20N4OS. The van der Waals surface area contributed by atoms with Crippen molar-refractivity contribution in [1.82, 2.24) is 9.97 Å². The van der Waals surface area contributed by atoms with Crippen molar-refractivity contribution < 1.29 is 4.74 Å². The van der Waals surface area contributed by atoms with Gasteiger partial charge in [-0.3, -0.25) is 0 Å². The van der Waals surface area contributed by atoms with Crippen LogP contribution >= 0.6 is 11.3 Å². The summed E-state index contributed by atoms with van der Waals surface area (Å²) in [7, 11) is 5.62. The topological polar surface area (TPSA) is 50.3 Å². The maximum atomic E-state index is 5.36. The van der Waals surface area contributed by atoms with Crippen LogP contribution in [0.1, 0.15) is 23.7 Å². The molecule has 0 aliphatic carbocycles. The summed E-state index contributed by atoms with van der Waals surface area (Å²) in [5, 5.41) is 6.60. The minimum atomic E-state index is 0.0942. The van der Waals surface area contributed by atoms with Crippen molar-refractivity contribution in [3.63, 3.8) is 0 Å². The Morgan fingerprint density at radius 2 is 2.15 bits per heavy atom. The van der Waals surface area contributed by atoms with Crippen molar-refractivity contribution in [2.75, 3.05) is 31.4 Å². The molecule has 1 unspecified atom stereocenters. The molecule has 0 radical (unpaired) electrons. The van der Waals surface area contributed by atoms with E-state index in [2.05, 4.69) is 27.6 Å². The van der Waals surface area contributed by atoms with E-state index in [1.54, 1.807) is 24.6 Å². The molecule has 20 heavy (non-hydrogen) atoms. The Morgan fingerprint density at radius 3 is 2.70 bits per heavy atom. The van der Waals surface area contributed by atoms with Gasteiger partial charge in [-0.2, -0.15) is 0 Å². The summed E-state index contributed by atoms with van der Waals surface area (Å²) < 4.78 is 5.36. The number of aromatic nitrogens is 2. The van der Waals surface area contributed by atoms with Crippen LogP contribution in [-0.2, 0) is 0 Å². The summed E-state index contributed by atoms with van der Waals surface area (Å²) in [6.45, 7) is 4.09. The van der Waals surface area contributed by atoms with E-state index in [0.29, 0.717) is 5.88 Å². The zero-order valence-electron chi connectivity index (χ0n) is 12.5. The summed E-state index contributed by atoms with van der Waals surface area (Å²) in [6, 6.07) is 2.06. The quantitative estimate of drug-likeness (QED) is 0.917. The molecule has 0 aromatic carbocycles. The van der Waals surface area contributed by atoms with Crippen LogP contribution in [0.15, 0.2) is 17.6 Å². The Kier molecular flexibility index (Phi) is 4.44. The second-order valence-electron chi connectivity index (χ2n) is 4.77. The highest BCUT2D eigenvalue weighted by molar-refractivity contribution is 7.09. The van der Waals surface area contributed by atoms with E-state index in [0.717, 1.165) is 22.1 Å². The molecule has 0 bridgehead atoms. The molecule has 1 N–H and O–H groups in total. The van der Waals surface area contributed by atoms with Gasteiger partial charge in [0.15, 0.2) is 0 Å². The van der Waals surface area contributed by atoms with E-state index in [-0.39, 0.29) is 6.04 Å². The molecule has 108 valence electrons. The Hall–Kier alpha value is -1.82. The molecule has 0 saturated heterocycles. The van der Waals surface area contributed by atoms with Gasteiger partial charge in [0.05, 0.1) is 29.5 Å². The first-order valence-corrected chi connectivity index (χ1v) is 7.29. The summed E-state index contributed by atoms with van der Waals surface area (Å²) >= 11 is 1.66. The Balaban J connectivity index is 2.32. The van der Waals surface area contributed by atoms with Crippen LogP contribution in [0.2, 0.25) is 0 Å². The highest BCUT2D eigenvalue weighted by Gasteiger charge is 2.16. The van der Waals surface area contributed by atoms with E-state index >= 15 is 0 Å². The van der Waals surface area contributed by atoms with Crippen molar-refractivity contribution in [3.05, 3.63) is 28.3 Å². The number of hydrogen-bond donors (Lipinski definition) is 1. The van der Waals surface area contributed by atoms with Gasteiger partial charge in [0.25, 0.3) is 0 Å². The predicted octanol–water partition coefficient (Wildman–Crippen LogP) is 3.09. The summed E-state index contributed by atoms with van der Waals surface area (Å²) in [5.74, 6) is 0.593. The molecule has 0 spiro atoms. The van der Waals surface area contributed by atoms with Crippen molar-refractivity contribution in [1.29, 1.82) is 0 Å². The SMILES string of the molecule is COc1nccc(N(C)C)c1NC(C)c1csc(C)n1. The maximum absolute atomic E-state index is 5.36. The zero-order chi connectivity index (χ0) is 14.7. The maximum Gasteiger partial charge on any atom is 0.239 e. The summed E-state index contributed by atoms with van der Waals surface area (Å²) in [5.41, 5.74) is 2.96. The van der Waals surface area contributed by atoms with Crippen LogP contribution in [0.5, 0.6) is 5.88 Å². The number of methoxy groups -OCH3 is 1. The Labute approximate surface area is 123 Å². The van der Waals surface area contributed by atoms with Crippen molar-refractivity contribution in [3.8, 4) is 5.88 Å². The van der Waals surface area contributed by atoms with Crippen LogP contribution in [0, 0.1) is 6.92 Å². The number of hydrogen-bond acceptors (Lipinski definition) is 6. The van der Waals surface area contributed by atoms with Crippen LogP contribution in [0.3, 0.4) is 0 Å². The van der Waals surface area contributed by atoms with Crippen molar-refractivity contribution >= 4 is 22.7 Å². The van der Waals surface area contributed by atoms with Gasteiger partial charge in [-0.1, -0.05) is 0 Å². The lowest BCUT2D eigenvalue weighted by atomic mass is 10.2. The van der Waals surface area contributed by atoms with Gasteiger partial charge < -0.3 is 15.0 Å². The molecule has 2 aromatic heterocycles. The third-order valence-corrected chi connectivity index (χ3v) is 3.80. The average molecular weight is 292 g/mol. The molecule has 2 heterocycles. The monoisotopic (exact) mass is 292 g/mol. The molecule has 0 saturated carbocycles. The predicted molar refractivity (Wildman–Crippen MR) is 84.0 cm³/mol. The second kappa shape index (κ2) is 6.09. The zero-order valence-corrected chi connectivity index (χ0v) is 13.3. The molecule has 0 aliphatic rings. The fourth-order valence-corrected chi connectivity index (χ4v) is 2.67. The minimum absolute atomic E-state index is 0.0942. The van der Waals surface area contributed by atoms with E-state index in [1.807, 2.05) is 32.0 Å². The first-order chi connectivity index (χ1) is 9.52. The van der Waals surface area contributed by atoms with Crippen LogP contribution in [0.25, 0.3) is 0 Å². The first-order valence-electron chi connectivity index (χ1n) is 6.41. The lowest BCUT2D eigenvalue weighted by Gasteiger charge is -2.22. The largest absolute Gasteiger partial charge is 0.479 e. The molecule has 2 aromatic rings. The number of nitrogens with one attached hydrogen (secondary N) is 1. The van der Waals surface area contributed by atoms with Gasteiger partial charge in [0.2, 0.25) is 5.88 Å². The van der Waals surface area contributed by atoms with Gasteiger partial charge in [-0.15, -0.1) is 11.3 Å². The molecule has 0 aliphatic heterocycles. The van der Waals surface area contributed by atoms with Crippen LogP contribution in [0.4, 0.5) is 11.4 Å². The molecular weight excluding hydrogens is 272 g/mol. The number of ether oxygens (including phenoxy) is 1. The highest BCUT2D eigenvalue weighted by Crippen LogP contribution is 2.34. The second-order valence-corrected chi connectivity index (χ2v) is 5.83. The van der Waals surface area contributed by atoms with E-state index in [9.17, 15) is 0 Å². The normalized spacial score (nSPS) is 12.1. The third kappa shape index (κ3) is 3.01. The van der Waals surface area contributed by atoms with Crippen LogP contribution < -0.4 is 15.0 Å². The van der Waals surface area contributed by atoms with Crippen molar-refractivity contribution in [2.24, 2.45) is 0 Å². The van der Waals surface area contributed by atoms with Gasteiger partial charge in [0, 0.05) is 25.7 Å². The number of aryl methyl sites for hydroxylation is 1. The number of anilines is 2. The van der Waals surface area contributed by atoms with Gasteiger partial charge in [-0.05, 0) is 19.9 Å². The molecule has 5 nitrogen and oxygen atoms in total. The Bertz CT molecular complexity index is 582. The van der Waals surface area contributed by atoms with Gasteiger partial charge in [0.1, 0.15) is 5.69 Å². The number of pyridine rings is 1. The third-order valence-electron chi connectivity index (χ3n) is 3.01. The summed E-state index contributed by atoms with van der Waals surface area (Å²) in [6.07, 6.45) is 1.75. The molecule has 6 heteroatoms. The van der Waals surface area contributed by atoms with Gasteiger partial charge in [-0.25, -0.2) is 9.97 Å². The smallest absolute Gasteiger partial charge is 0.239 e. The molecule has 2 rings (SSSR count). The van der Waals surface area contributed by atoms with Gasteiger partial charge >= 0.3 is 0 Å². The molecule has 1 atom stereocenters. The molecule has 0 fully saturated rings. The number of nitrogens with zero attached hydrogens (tertiary/aromatic N) is 3. The number of rotatable bonds is 5. The van der Waals surface area contributed by atoms with E-state index < -0.39 is 0 Å². The average Bonchev–Trinajstić information content (AvgIpc) is 2.85. The van der Waals surface area contributed by atoms with E-state index in [1.165, 1.54) is 0 Å². The van der Waals surface area contributed by atoms with Crippen molar-refractivity contribution in [2.45, 2.75) is 19.9 Å². The standard InChI is InChI=1S/C14H20N4OS/c1-9(11-8-20-10(2)17-11)16-13-12(18(3)4)6-7-15-14(13)19-5/h6-9,16H,1-5H3. The fraction of sp³-hybridized carbons (Fsp3) is 0.429. The minimum Gasteiger partial charge on any atom is -0.479 e. The lowest BCUT2D eigenvalue weighted by molar-refractivity contribution is 0.399. The fourth-order valence-electron chi connectivity index (χ4n) is 1.97. The Morgan fingerprint density at radius 1 is 1.40 bits per heavy atom. The lowest BCUT2D eigenvalue weighted by Crippen LogP contribution is -2.15. The van der Waals surface area contributed by atoms with Crippen LogP contribution in [-0.4, -0.2) is 31.2 Å². The summed E-state index contributed by atoms with van der Waals surface area (Å²) in [4.78, 5) is 10.8.